The molecule has 2 atom stereocenters. The zero-order chi connectivity index (χ0) is 9.84. The van der Waals surface area contributed by atoms with Gasteiger partial charge in [0.25, 0.3) is 0 Å². The molecule has 0 radical (unpaired) electrons. The van der Waals surface area contributed by atoms with Gasteiger partial charge in [0.15, 0.2) is 0 Å². The Bertz CT molecular complexity index is 179. The van der Waals surface area contributed by atoms with Gasteiger partial charge >= 0.3 is 0 Å². The van der Waals surface area contributed by atoms with Crippen molar-refractivity contribution in [2.45, 2.75) is 58.5 Å². The van der Waals surface area contributed by atoms with Gasteiger partial charge in [-0.2, -0.15) is 0 Å². The van der Waals surface area contributed by atoms with Gasteiger partial charge < -0.3 is 0 Å². The van der Waals surface area contributed by atoms with E-state index in [0.717, 1.165) is 6.42 Å². The van der Waals surface area contributed by atoms with Crippen LogP contribution in [-0.4, -0.2) is 29.3 Å². The molecule has 1 saturated heterocycles. The van der Waals surface area contributed by atoms with Gasteiger partial charge in [0.1, 0.15) is 5.78 Å². The molecule has 1 aliphatic heterocycles. The maximum Gasteiger partial charge on any atom is 0.131 e. The average molecular weight is 183 g/mol. The minimum atomic E-state index is 0.334. The van der Waals surface area contributed by atoms with Gasteiger partial charge in [0.2, 0.25) is 0 Å². The lowest BCUT2D eigenvalue weighted by Gasteiger charge is -2.29. The Morgan fingerprint density at radius 3 is 2.85 bits per heavy atom. The molecule has 0 N–H and O–H groups in total. The average Bonchev–Trinajstić information content (AvgIpc) is 2.50. The first-order chi connectivity index (χ1) is 6.15. The summed E-state index contributed by atoms with van der Waals surface area (Å²) in [7, 11) is 0. The second-order valence-electron chi connectivity index (χ2n) is 4.20. The second kappa shape index (κ2) is 4.75. The largest absolute Gasteiger partial charge is 0.300 e. The summed E-state index contributed by atoms with van der Waals surface area (Å²) in [5.74, 6) is 0.334. The van der Waals surface area contributed by atoms with Crippen molar-refractivity contribution >= 4 is 5.78 Å². The van der Waals surface area contributed by atoms with E-state index in [9.17, 15) is 4.79 Å². The molecular formula is C11H21NO. The van der Waals surface area contributed by atoms with Gasteiger partial charge in [-0.25, -0.2) is 0 Å². The number of carbonyl (C=O) groups excluding carboxylic acids is 1. The topological polar surface area (TPSA) is 20.3 Å². The summed E-state index contributed by atoms with van der Waals surface area (Å²) in [5.41, 5.74) is 0. The minimum Gasteiger partial charge on any atom is -0.300 e. The van der Waals surface area contributed by atoms with Crippen molar-refractivity contribution < 1.29 is 4.79 Å². The molecule has 0 aromatic rings. The van der Waals surface area contributed by atoms with Crippen LogP contribution in [0.15, 0.2) is 0 Å². The summed E-state index contributed by atoms with van der Waals surface area (Å²) in [6.45, 7) is 7.37. The third kappa shape index (κ3) is 2.80. The van der Waals surface area contributed by atoms with Crippen molar-refractivity contribution in [1.29, 1.82) is 0 Å². The van der Waals surface area contributed by atoms with E-state index in [1.54, 1.807) is 6.92 Å². The lowest BCUT2D eigenvalue weighted by Crippen LogP contribution is -2.37. The Hall–Kier alpha value is -0.370. The van der Waals surface area contributed by atoms with Crippen molar-refractivity contribution in [3.05, 3.63) is 0 Å². The van der Waals surface area contributed by atoms with E-state index in [1.165, 1.54) is 25.8 Å². The summed E-state index contributed by atoms with van der Waals surface area (Å²) in [6, 6.07) is 1.18. The lowest BCUT2D eigenvalue weighted by molar-refractivity contribution is -0.118. The van der Waals surface area contributed by atoms with Crippen LogP contribution in [0.25, 0.3) is 0 Å². The van der Waals surface area contributed by atoms with E-state index in [1.807, 2.05) is 0 Å². The van der Waals surface area contributed by atoms with Crippen LogP contribution >= 0.6 is 0 Å². The summed E-state index contributed by atoms with van der Waals surface area (Å²) >= 11 is 0. The van der Waals surface area contributed by atoms with Crippen LogP contribution in [0.2, 0.25) is 0 Å². The number of likely N-dealkylation sites (tertiary alicyclic amines) is 1. The van der Waals surface area contributed by atoms with Gasteiger partial charge in [-0.15, -0.1) is 0 Å². The number of rotatable bonds is 4. The van der Waals surface area contributed by atoms with Crippen molar-refractivity contribution in [2.75, 3.05) is 6.54 Å². The van der Waals surface area contributed by atoms with Crippen LogP contribution in [0.4, 0.5) is 0 Å². The number of hydrogen-bond donors (Lipinski definition) is 0. The highest BCUT2D eigenvalue weighted by molar-refractivity contribution is 5.76. The van der Waals surface area contributed by atoms with Crippen LogP contribution < -0.4 is 0 Å². The molecule has 2 unspecified atom stereocenters. The Labute approximate surface area is 81.3 Å². The van der Waals surface area contributed by atoms with Crippen molar-refractivity contribution in [2.24, 2.45) is 0 Å². The molecular weight excluding hydrogens is 162 g/mol. The molecule has 2 heteroatoms. The summed E-state index contributed by atoms with van der Waals surface area (Å²) in [6.07, 6.45) is 4.42. The first kappa shape index (κ1) is 10.7. The Balaban J connectivity index is 2.48. The summed E-state index contributed by atoms with van der Waals surface area (Å²) in [5, 5.41) is 0. The Morgan fingerprint density at radius 2 is 2.31 bits per heavy atom. The molecule has 0 bridgehead atoms. The van der Waals surface area contributed by atoms with Crippen LogP contribution in [0, 0.1) is 0 Å². The van der Waals surface area contributed by atoms with Crippen molar-refractivity contribution in [3.8, 4) is 0 Å². The minimum absolute atomic E-state index is 0.334. The fourth-order valence-corrected chi connectivity index (χ4v) is 2.22. The maximum absolute atomic E-state index is 11.0. The number of carbonyl (C=O) groups is 1. The van der Waals surface area contributed by atoms with E-state index in [0.29, 0.717) is 17.9 Å². The van der Waals surface area contributed by atoms with E-state index >= 15 is 0 Å². The molecule has 0 saturated carbocycles. The van der Waals surface area contributed by atoms with Gasteiger partial charge in [-0.1, -0.05) is 6.92 Å². The Morgan fingerprint density at radius 1 is 1.62 bits per heavy atom. The second-order valence-corrected chi connectivity index (χ2v) is 4.20. The van der Waals surface area contributed by atoms with Gasteiger partial charge in [-0.3, -0.25) is 9.69 Å². The van der Waals surface area contributed by atoms with Crippen LogP contribution in [0.3, 0.4) is 0 Å². The fourth-order valence-electron chi connectivity index (χ4n) is 2.22. The number of nitrogens with zero attached hydrogens (tertiary/aromatic N) is 1. The standard InChI is InChI=1S/C11H21NO/c1-4-9(2)12-7-5-6-11(12)8-10(3)13/h9,11H,4-8H2,1-3H3. The maximum atomic E-state index is 11.0. The predicted octanol–water partition coefficient (Wildman–Crippen LogP) is 2.23. The van der Waals surface area contributed by atoms with Crippen LogP contribution in [0.5, 0.6) is 0 Å². The smallest absolute Gasteiger partial charge is 0.131 e. The molecule has 1 aliphatic rings. The van der Waals surface area contributed by atoms with E-state index in [4.69, 9.17) is 0 Å². The molecule has 0 spiro atoms. The van der Waals surface area contributed by atoms with E-state index in [2.05, 4.69) is 18.7 Å². The van der Waals surface area contributed by atoms with Gasteiger partial charge in [0, 0.05) is 18.5 Å². The molecule has 0 amide bonds. The molecule has 1 fully saturated rings. The molecule has 1 heterocycles. The molecule has 0 aromatic heterocycles. The zero-order valence-corrected chi connectivity index (χ0v) is 9.05. The molecule has 76 valence electrons. The van der Waals surface area contributed by atoms with E-state index < -0.39 is 0 Å². The van der Waals surface area contributed by atoms with E-state index in [-0.39, 0.29) is 0 Å². The molecule has 0 aromatic carbocycles. The first-order valence-electron chi connectivity index (χ1n) is 5.40. The first-order valence-corrected chi connectivity index (χ1v) is 5.40. The molecule has 13 heavy (non-hydrogen) atoms. The third-order valence-corrected chi connectivity index (χ3v) is 3.10. The molecule has 1 rings (SSSR count). The van der Waals surface area contributed by atoms with Crippen molar-refractivity contribution in [3.63, 3.8) is 0 Å². The van der Waals surface area contributed by atoms with Gasteiger partial charge in [0.05, 0.1) is 0 Å². The summed E-state index contributed by atoms with van der Waals surface area (Å²) < 4.78 is 0. The Kier molecular flexibility index (Phi) is 3.91. The van der Waals surface area contributed by atoms with Crippen LogP contribution in [0.1, 0.15) is 46.5 Å². The monoisotopic (exact) mass is 183 g/mol. The normalized spacial score (nSPS) is 26.2. The SMILES string of the molecule is CCC(C)N1CCCC1CC(C)=O. The zero-order valence-electron chi connectivity index (χ0n) is 9.05. The quantitative estimate of drug-likeness (QED) is 0.666. The summed E-state index contributed by atoms with van der Waals surface area (Å²) in [4.78, 5) is 13.5. The molecule has 2 nitrogen and oxygen atoms in total. The third-order valence-electron chi connectivity index (χ3n) is 3.10. The highest BCUT2D eigenvalue weighted by Gasteiger charge is 2.28. The fraction of sp³-hybridized carbons (Fsp3) is 0.909. The highest BCUT2D eigenvalue weighted by Crippen LogP contribution is 2.23. The highest BCUT2D eigenvalue weighted by atomic mass is 16.1. The number of hydrogen-bond acceptors (Lipinski definition) is 2. The lowest BCUT2D eigenvalue weighted by atomic mass is 10.1. The van der Waals surface area contributed by atoms with Crippen LogP contribution in [-0.2, 0) is 4.79 Å². The van der Waals surface area contributed by atoms with Crippen molar-refractivity contribution in [1.82, 2.24) is 4.90 Å². The number of Topliss-reactive ketones (excluding diaryl/α,β-unsaturated/α-hetero) is 1. The van der Waals surface area contributed by atoms with Gasteiger partial charge in [-0.05, 0) is 39.7 Å². The predicted molar refractivity (Wildman–Crippen MR) is 54.8 cm³/mol. The molecule has 0 aliphatic carbocycles. The number of ketones is 1.